The van der Waals surface area contributed by atoms with Crippen LogP contribution in [0.15, 0.2) is 36.5 Å². The number of ketones is 1. The van der Waals surface area contributed by atoms with Crippen LogP contribution >= 0.6 is 11.8 Å². The molecule has 0 radical (unpaired) electrons. The van der Waals surface area contributed by atoms with Crippen LogP contribution in [0.25, 0.3) is 0 Å². The van der Waals surface area contributed by atoms with E-state index < -0.39 is 53.6 Å². The van der Waals surface area contributed by atoms with Crippen LogP contribution in [0, 0.1) is 0 Å². The van der Waals surface area contributed by atoms with Gasteiger partial charge in [-0.1, -0.05) is 56.2 Å². The number of allylic oxidation sites excluding steroid dienone is 5. The van der Waals surface area contributed by atoms with Crippen LogP contribution in [0.4, 0.5) is 0 Å². The van der Waals surface area contributed by atoms with Crippen molar-refractivity contribution in [1.29, 1.82) is 0 Å². The maximum Gasteiger partial charge on any atom is 0.322 e. The first-order valence-electron chi connectivity index (χ1n) is 14.5. The van der Waals surface area contributed by atoms with Gasteiger partial charge in [0.1, 0.15) is 24.4 Å². The van der Waals surface area contributed by atoms with Gasteiger partial charge in [-0.25, -0.2) is 0 Å². The molecule has 0 aromatic heterocycles. The van der Waals surface area contributed by atoms with E-state index in [9.17, 15) is 28.8 Å². The first-order valence-corrected chi connectivity index (χ1v) is 15.6. The lowest BCUT2D eigenvalue weighted by molar-refractivity contribution is -0.139. The number of carboxylic acids is 3. The van der Waals surface area contributed by atoms with Crippen LogP contribution in [0.2, 0.25) is 0 Å². The summed E-state index contributed by atoms with van der Waals surface area (Å²) < 4.78 is 0. The fraction of sp³-hybridized carbons (Fsp3) is 0.600. The van der Waals surface area contributed by atoms with Gasteiger partial charge in [0.15, 0.2) is 0 Å². The normalized spacial score (nSPS) is 13.6. The van der Waals surface area contributed by atoms with Gasteiger partial charge in [-0.3, -0.25) is 28.8 Å². The Morgan fingerprint density at radius 1 is 0.837 bits per heavy atom. The summed E-state index contributed by atoms with van der Waals surface area (Å²) >= 11 is 1.21. The van der Waals surface area contributed by atoms with Crippen molar-refractivity contribution in [2.45, 2.75) is 101 Å². The number of hydrogen-bond acceptors (Lipinski definition) is 8. The summed E-state index contributed by atoms with van der Waals surface area (Å²) in [7, 11) is 0. The molecular weight excluding hydrogens is 578 g/mol. The molecule has 0 saturated heterocycles. The van der Waals surface area contributed by atoms with E-state index in [4.69, 9.17) is 21.1 Å². The molecule has 0 saturated carbocycles. The van der Waals surface area contributed by atoms with Crippen LogP contribution in [0.3, 0.4) is 0 Å². The Hall–Kier alpha value is -3.45. The Bertz CT molecular complexity index is 982. The third-order valence-electron chi connectivity index (χ3n) is 6.02. The molecule has 0 aliphatic heterocycles. The van der Waals surface area contributed by atoms with Crippen LogP contribution in [-0.4, -0.2) is 80.5 Å². The highest BCUT2D eigenvalue weighted by Crippen LogP contribution is 2.20. The molecule has 2 amide bonds. The zero-order valence-corrected chi connectivity index (χ0v) is 25.7. The third kappa shape index (κ3) is 23.8. The summed E-state index contributed by atoms with van der Waals surface area (Å²) in [5, 5.41) is 31.0. The van der Waals surface area contributed by atoms with Crippen LogP contribution < -0.4 is 16.4 Å². The van der Waals surface area contributed by atoms with E-state index in [-0.39, 0.29) is 50.1 Å². The third-order valence-corrected chi connectivity index (χ3v) is 7.30. The molecule has 7 N–H and O–H groups in total. The Morgan fingerprint density at radius 2 is 1.51 bits per heavy atom. The molecular formula is C30H47N3O9S. The molecule has 242 valence electrons. The average Bonchev–Trinajstić information content (AvgIpc) is 2.94. The molecule has 12 nitrogen and oxygen atoms in total. The highest BCUT2D eigenvalue weighted by molar-refractivity contribution is 8.00. The number of rotatable bonds is 26. The highest BCUT2D eigenvalue weighted by Gasteiger charge is 2.24. The molecule has 0 rings (SSSR count). The van der Waals surface area contributed by atoms with Crippen molar-refractivity contribution >= 4 is 47.3 Å². The first kappa shape index (κ1) is 39.5. The maximum absolute atomic E-state index is 12.7. The smallest absolute Gasteiger partial charge is 0.322 e. The summed E-state index contributed by atoms with van der Waals surface area (Å²) in [6.45, 7) is 1.50. The molecule has 0 aromatic rings. The summed E-state index contributed by atoms with van der Waals surface area (Å²) in [4.78, 5) is 70.2. The molecule has 0 aromatic carbocycles. The van der Waals surface area contributed by atoms with E-state index in [2.05, 4.69) is 29.7 Å². The van der Waals surface area contributed by atoms with E-state index in [1.54, 1.807) is 0 Å². The summed E-state index contributed by atoms with van der Waals surface area (Å²) in [5.41, 5.74) is 5.44. The van der Waals surface area contributed by atoms with Crippen molar-refractivity contribution in [2.75, 3.05) is 12.3 Å². The predicted octanol–water partition coefficient (Wildman–Crippen LogP) is 3.21. The van der Waals surface area contributed by atoms with Gasteiger partial charge in [0.05, 0.1) is 0 Å². The number of amides is 2. The van der Waals surface area contributed by atoms with Crippen LogP contribution in [-0.2, 0) is 28.8 Å². The Morgan fingerprint density at radius 3 is 2.14 bits per heavy atom. The first-order chi connectivity index (χ1) is 20.5. The van der Waals surface area contributed by atoms with Gasteiger partial charge in [0, 0.05) is 36.7 Å². The molecule has 0 heterocycles. The van der Waals surface area contributed by atoms with Crippen molar-refractivity contribution in [2.24, 2.45) is 5.73 Å². The number of Topliss-reactive ketones (excluding diaryl/α,β-unsaturated/α-hetero) is 1. The predicted molar refractivity (Wildman–Crippen MR) is 166 cm³/mol. The topological polar surface area (TPSA) is 213 Å². The van der Waals surface area contributed by atoms with Gasteiger partial charge in [-0.2, -0.15) is 11.8 Å². The van der Waals surface area contributed by atoms with Crippen LogP contribution in [0.1, 0.15) is 84.0 Å². The lowest BCUT2D eigenvalue weighted by Crippen LogP contribution is -2.49. The van der Waals surface area contributed by atoms with Gasteiger partial charge in [0.2, 0.25) is 11.8 Å². The maximum atomic E-state index is 12.7. The number of nitrogens with one attached hydrogen (secondary N) is 2. The number of carboxylic acid groups (broad SMARTS) is 3. The summed E-state index contributed by atoms with van der Waals surface area (Å²) in [6.07, 6.45) is 17.9. The Kier molecular flexibility index (Phi) is 23.1. The number of aliphatic carboxylic acids is 3. The second-order valence-electron chi connectivity index (χ2n) is 9.92. The number of carbonyl (C=O) groups excluding carboxylic acids is 3. The number of unbranched alkanes of at least 4 members (excludes halogenated alkanes) is 3. The molecule has 13 heteroatoms. The Balaban J connectivity index is 5.33. The number of thioether (sulfide) groups is 1. The van der Waals surface area contributed by atoms with Gasteiger partial charge in [-0.15, -0.1) is 0 Å². The zero-order valence-electron chi connectivity index (χ0n) is 24.9. The molecule has 0 aliphatic rings. The van der Waals surface area contributed by atoms with E-state index in [0.717, 1.165) is 12.8 Å². The molecule has 0 aliphatic carbocycles. The molecule has 43 heavy (non-hydrogen) atoms. The van der Waals surface area contributed by atoms with Gasteiger partial charge >= 0.3 is 17.9 Å². The molecule has 0 spiro atoms. The van der Waals surface area contributed by atoms with Crippen molar-refractivity contribution in [3.63, 3.8) is 0 Å². The molecule has 0 fully saturated rings. The van der Waals surface area contributed by atoms with E-state index in [1.807, 2.05) is 24.3 Å². The fourth-order valence-corrected chi connectivity index (χ4v) is 4.82. The lowest BCUT2D eigenvalue weighted by Gasteiger charge is -2.20. The monoisotopic (exact) mass is 625 g/mol. The molecule has 0 bridgehead atoms. The summed E-state index contributed by atoms with van der Waals surface area (Å²) in [5.74, 6) is -5.05. The largest absolute Gasteiger partial charge is 0.481 e. The summed E-state index contributed by atoms with van der Waals surface area (Å²) in [6, 6.07) is -2.41. The van der Waals surface area contributed by atoms with Gasteiger partial charge in [-0.05, 0) is 38.5 Å². The highest BCUT2D eigenvalue weighted by atomic mass is 32.2. The zero-order chi connectivity index (χ0) is 32.5. The SMILES string of the molecule is CCCCC/C=C\C/C=C\C/C=C\C(CC(=O)CCCC(=O)O)SC[C@@H](NC(=O)CC[C@H](N)C(=O)O)C(=O)NCC(=O)O. The minimum absolute atomic E-state index is 0.00173. The number of nitrogens with two attached hydrogens (primary N) is 1. The van der Waals surface area contributed by atoms with Crippen molar-refractivity contribution < 1.29 is 44.1 Å². The number of hydrogen-bond donors (Lipinski definition) is 6. The van der Waals surface area contributed by atoms with Crippen LogP contribution in [0.5, 0.6) is 0 Å². The molecule has 3 atom stereocenters. The number of carbonyl (C=O) groups is 6. The van der Waals surface area contributed by atoms with Crippen molar-refractivity contribution in [1.82, 2.24) is 10.6 Å². The van der Waals surface area contributed by atoms with E-state index in [0.29, 0.717) is 6.42 Å². The Labute approximate surface area is 257 Å². The minimum atomic E-state index is -1.27. The average molecular weight is 626 g/mol. The van der Waals surface area contributed by atoms with Gasteiger partial charge in [0.25, 0.3) is 0 Å². The second-order valence-corrected chi connectivity index (χ2v) is 11.2. The van der Waals surface area contributed by atoms with Crippen molar-refractivity contribution in [3.8, 4) is 0 Å². The van der Waals surface area contributed by atoms with Crippen molar-refractivity contribution in [3.05, 3.63) is 36.5 Å². The van der Waals surface area contributed by atoms with E-state index >= 15 is 0 Å². The second kappa shape index (κ2) is 25.1. The van der Waals surface area contributed by atoms with Gasteiger partial charge < -0.3 is 31.7 Å². The standard InChI is InChI=1S/C30H47N3O9S/c1-2-3-4-5-6-7-8-9-10-11-12-15-23(19-22(34)14-13-16-27(36)37)43-21-25(29(40)32-20-28(38)39)33-26(35)18-17-24(31)30(41)42/h6-7,9-10,12,15,23-25H,2-5,8,11,13-14,16-21,31H2,1H3,(H,32,40)(H,33,35)(H,36,37)(H,38,39)(H,41,42)/b7-6-,10-9-,15-12-/t23?,24-,25+/m0/s1. The fourth-order valence-electron chi connectivity index (χ4n) is 3.62. The minimum Gasteiger partial charge on any atom is -0.481 e. The van der Waals surface area contributed by atoms with E-state index in [1.165, 1.54) is 31.0 Å². The quantitative estimate of drug-likeness (QED) is 0.0606. The molecule has 1 unspecified atom stereocenters. The lowest BCUT2D eigenvalue weighted by atomic mass is 10.1.